The second-order valence-corrected chi connectivity index (χ2v) is 5.37. The predicted octanol–water partition coefficient (Wildman–Crippen LogP) is 3.73. The summed E-state index contributed by atoms with van der Waals surface area (Å²) in [5, 5.41) is 4.29. The quantitative estimate of drug-likeness (QED) is 0.801. The highest BCUT2D eigenvalue weighted by Crippen LogP contribution is 2.34. The SMILES string of the molecule is CCn1cc(-c2ccc(Cl)cc2)c2c(NC(C)=O)ncnc21. The smallest absolute Gasteiger partial charge is 0.222 e. The van der Waals surface area contributed by atoms with E-state index in [4.69, 9.17) is 11.6 Å². The van der Waals surface area contributed by atoms with E-state index in [9.17, 15) is 4.79 Å². The number of fused-ring (bicyclic) bond motifs is 1. The Morgan fingerprint density at radius 1 is 1.27 bits per heavy atom. The number of nitrogens with zero attached hydrogens (tertiary/aromatic N) is 3. The Kier molecular flexibility index (Phi) is 3.81. The number of aromatic nitrogens is 3. The summed E-state index contributed by atoms with van der Waals surface area (Å²) in [7, 11) is 0. The summed E-state index contributed by atoms with van der Waals surface area (Å²) in [6, 6.07) is 7.57. The third-order valence-electron chi connectivity index (χ3n) is 3.44. The number of hydrogen-bond donors (Lipinski definition) is 1. The Morgan fingerprint density at radius 2 is 2.00 bits per heavy atom. The van der Waals surface area contributed by atoms with Crippen molar-refractivity contribution in [2.75, 3.05) is 5.32 Å². The van der Waals surface area contributed by atoms with Crippen molar-refractivity contribution < 1.29 is 4.79 Å². The van der Waals surface area contributed by atoms with Gasteiger partial charge in [-0.25, -0.2) is 9.97 Å². The Morgan fingerprint density at radius 3 is 2.64 bits per heavy atom. The largest absolute Gasteiger partial charge is 0.332 e. The maximum absolute atomic E-state index is 11.4. The van der Waals surface area contributed by atoms with Crippen molar-refractivity contribution in [3.8, 4) is 11.1 Å². The summed E-state index contributed by atoms with van der Waals surface area (Å²) < 4.78 is 2.03. The van der Waals surface area contributed by atoms with Crippen LogP contribution in [0.5, 0.6) is 0 Å². The predicted molar refractivity (Wildman–Crippen MR) is 88.0 cm³/mol. The standard InChI is InChI=1S/C16H15ClN4O/c1-3-21-8-13(11-4-6-12(17)7-5-11)14-15(20-10(2)22)18-9-19-16(14)21/h4-9H,3H2,1-2H3,(H,18,19,20,22). The Hall–Kier alpha value is -2.40. The van der Waals surface area contributed by atoms with Gasteiger partial charge in [0.25, 0.3) is 0 Å². The number of aryl methyl sites for hydroxylation is 1. The summed E-state index contributed by atoms with van der Waals surface area (Å²) in [6.07, 6.45) is 3.49. The van der Waals surface area contributed by atoms with Gasteiger partial charge in [0.2, 0.25) is 5.91 Å². The van der Waals surface area contributed by atoms with Crippen molar-refractivity contribution in [1.29, 1.82) is 0 Å². The fourth-order valence-corrected chi connectivity index (χ4v) is 2.60. The maximum Gasteiger partial charge on any atom is 0.222 e. The first-order valence-corrected chi connectivity index (χ1v) is 7.35. The summed E-state index contributed by atoms with van der Waals surface area (Å²) in [6.45, 7) is 4.29. The van der Waals surface area contributed by atoms with Gasteiger partial charge < -0.3 is 9.88 Å². The lowest BCUT2D eigenvalue weighted by atomic mass is 10.1. The van der Waals surface area contributed by atoms with E-state index in [-0.39, 0.29) is 5.91 Å². The van der Waals surface area contributed by atoms with Crippen LogP contribution in [0.25, 0.3) is 22.2 Å². The fraction of sp³-hybridized carbons (Fsp3) is 0.188. The maximum atomic E-state index is 11.4. The molecule has 0 atom stereocenters. The number of halogens is 1. The first-order chi connectivity index (χ1) is 10.6. The molecule has 1 amide bonds. The molecule has 112 valence electrons. The van der Waals surface area contributed by atoms with Gasteiger partial charge in [0, 0.05) is 30.3 Å². The van der Waals surface area contributed by atoms with Gasteiger partial charge in [0.15, 0.2) is 0 Å². The third-order valence-corrected chi connectivity index (χ3v) is 3.70. The van der Waals surface area contributed by atoms with Gasteiger partial charge in [0.05, 0.1) is 5.39 Å². The Labute approximate surface area is 133 Å². The molecule has 0 saturated carbocycles. The van der Waals surface area contributed by atoms with Crippen molar-refractivity contribution in [3.63, 3.8) is 0 Å². The van der Waals surface area contributed by atoms with Crippen molar-refractivity contribution in [2.24, 2.45) is 0 Å². The highest BCUT2D eigenvalue weighted by Gasteiger charge is 2.16. The lowest BCUT2D eigenvalue weighted by Crippen LogP contribution is -2.08. The molecule has 22 heavy (non-hydrogen) atoms. The van der Waals surface area contributed by atoms with Crippen molar-refractivity contribution in [3.05, 3.63) is 41.8 Å². The molecular formula is C16H15ClN4O. The highest BCUT2D eigenvalue weighted by atomic mass is 35.5. The number of rotatable bonds is 3. The Bertz CT molecular complexity index is 839. The number of benzene rings is 1. The van der Waals surface area contributed by atoms with E-state index in [1.807, 2.05) is 42.0 Å². The van der Waals surface area contributed by atoms with E-state index in [0.717, 1.165) is 28.7 Å². The van der Waals surface area contributed by atoms with Gasteiger partial charge in [-0.1, -0.05) is 23.7 Å². The minimum atomic E-state index is -0.161. The molecule has 1 aromatic carbocycles. The normalized spacial score (nSPS) is 10.9. The zero-order chi connectivity index (χ0) is 15.7. The van der Waals surface area contributed by atoms with Crippen LogP contribution >= 0.6 is 11.6 Å². The van der Waals surface area contributed by atoms with Gasteiger partial charge in [-0.15, -0.1) is 0 Å². The molecule has 2 heterocycles. The molecule has 0 bridgehead atoms. The second-order valence-electron chi connectivity index (χ2n) is 4.94. The number of amides is 1. The summed E-state index contributed by atoms with van der Waals surface area (Å²) in [5.74, 6) is 0.362. The molecule has 6 heteroatoms. The molecule has 0 fully saturated rings. The van der Waals surface area contributed by atoms with Crippen LogP contribution in [0.15, 0.2) is 36.8 Å². The van der Waals surface area contributed by atoms with Crippen LogP contribution in [0.2, 0.25) is 5.02 Å². The summed E-state index contributed by atoms with van der Waals surface area (Å²) in [5.41, 5.74) is 2.77. The highest BCUT2D eigenvalue weighted by molar-refractivity contribution is 6.30. The van der Waals surface area contributed by atoms with E-state index >= 15 is 0 Å². The van der Waals surface area contributed by atoms with Gasteiger partial charge in [-0.3, -0.25) is 4.79 Å². The van der Waals surface area contributed by atoms with Gasteiger partial charge in [0.1, 0.15) is 17.8 Å². The first-order valence-electron chi connectivity index (χ1n) is 6.97. The van der Waals surface area contributed by atoms with E-state index < -0.39 is 0 Å². The molecule has 5 nitrogen and oxygen atoms in total. The van der Waals surface area contributed by atoms with Gasteiger partial charge >= 0.3 is 0 Å². The van der Waals surface area contributed by atoms with Crippen molar-refractivity contribution in [1.82, 2.24) is 14.5 Å². The van der Waals surface area contributed by atoms with Crippen LogP contribution in [-0.4, -0.2) is 20.4 Å². The average Bonchev–Trinajstić information content (AvgIpc) is 2.87. The molecular weight excluding hydrogens is 300 g/mol. The third kappa shape index (κ3) is 2.55. The number of nitrogens with one attached hydrogen (secondary N) is 1. The van der Waals surface area contributed by atoms with Crippen molar-refractivity contribution >= 4 is 34.4 Å². The molecule has 0 aliphatic rings. The first kappa shape index (κ1) is 14.5. The average molecular weight is 315 g/mol. The van der Waals surface area contributed by atoms with Crippen LogP contribution in [0.4, 0.5) is 5.82 Å². The number of hydrogen-bond acceptors (Lipinski definition) is 3. The van der Waals surface area contributed by atoms with Gasteiger partial charge in [-0.2, -0.15) is 0 Å². The number of carbonyl (C=O) groups excluding carboxylic acids is 1. The van der Waals surface area contributed by atoms with E-state index in [2.05, 4.69) is 15.3 Å². The van der Waals surface area contributed by atoms with E-state index in [1.54, 1.807) is 0 Å². The molecule has 0 aliphatic heterocycles. The zero-order valence-electron chi connectivity index (χ0n) is 12.3. The minimum absolute atomic E-state index is 0.161. The molecule has 3 rings (SSSR count). The van der Waals surface area contributed by atoms with Crippen LogP contribution < -0.4 is 5.32 Å². The number of anilines is 1. The molecule has 1 N–H and O–H groups in total. The fourth-order valence-electron chi connectivity index (χ4n) is 2.47. The molecule has 0 saturated heterocycles. The summed E-state index contributed by atoms with van der Waals surface area (Å²) in [4.78, 5) is 20.0. The summed E-state index contributed by atoms with van der Waals surface area (Å²) >= 11 is 5.96. The van der Waals surface area contributed by atoms with Crippen LogP contribution in [0.1, 0.15) is 13.8 Å². The second kappa shape index (κ2) is 5.77. The topological polar surface area (TPSA) is 59.8 Å². The molecule has 3 aromatic rings. The van der Waals surface area contributed by atoms with E-state index in [0.29, 0.717) is 10.8 Å². The Balaban J connectivity index is 2.28. The van der Waals surface area contributed by atoms with Crippen molar-refractivity contribution in [2.45, 2.75) is 20.4 Å². The minimum Gasteiger partial charge on any atom is -0.332 e. The van der Waals surface area contributed by atoms with Gasteiger partial charge in [-0.05, 0) is 24.6 Å². The molecule has 0 radical (unpaired) electrons. The molecule has 0 unspecified atom stereocenters. The monoisotopic (exact) mass is 314 g/mol. The zero-order valence-corrected chi connectivity index (χ0v) is 13.1. The van der Waals surface area contributed by atoms with Crippen LogP contribution in [-0.2, 0) is 11.3 Å². The van der Waals surface area contributed by atoms with E-state index in [1.165, 1.54) is 13.3 Å². The molecule has 0 spiro atoms. The van der Waals surface area contributed by atoms with Crippen LogP contribution in [0.3, 0.4) is 0 Å². The molecule has 2 aromatic heterocycles. The lowest BCUT2D eigenvalue weighted by molar-refractivity contribution is -0.114. The lowest BCUT2D eigenvalue weighted by Gasteiger charge is -2.05. The number of carbonyl (C=O) groups is 1. The van der Waals surface area contributed by atoms with Crippen LogP contribution in [0, 0.1) is 0 Å². The molecule has 0 aliphatic carbocycles.